The molecule has 5 nitrogen and oxygen atoms in total. The van der Waals surface area contributed by atoms with Crippen molar-refractivity contribution in [1.29, 1.82) is 0 Å². The summed E-state index contributed by atoms with van der Waals surface area (Å²) in [6, 6.07) is 11.4. The lowest BCUT2D eigenvalue weighted by molar-refractivity contribution is 0.414. The van der Waals surface area contributed by atoms with Gasteiger partial charge in [-0.2, -0.15) is 0 Å². The van der Waals surface area contributed by atoms with Gasteiger partial charge in [-0.1, -0.05) is 12.1 Å². The molecule has 0 atom stereocenters. The average molecular weight is 259 g/mol. The summed E-state index contributed by atoms with van der Waals surface area (Å²) in [6.45, 7) is 1.06. The van der Waals surface area contributed by atoms with E-state index in [1.54, 1.807) is 13.4 Å². The average Bonchev–Trinajstić information content (AvgIpc) is 2.96. The van der Waals surface area contributed by atoms with Crippen molar-refractivity contribution in [3.05, 3.63) is 54.0 Å². The molecule has 0 aliphatic heterocycles. The Kier molecular flexibility index (Phi) is 4.44. The largest absolute Gasteiger partial charge is 0.497 e. The molecule has 1 aromatic heterocycles. The second-order valence-corrected chi connectivity index (χ2v) is 3.98. The molecule has 100 valence electrons. The number of nitrogens with one attached hydrogen (secondary N) is 1. The fourth-order valence-corrected chi connectivity index (χ4v) is 1.55. The third kappa shape index (κ3) is 4.06. The highest BCUT2D eigenvalue weighted by Gasteiger charge is 1.97. The number of furan rings is 1. The van der Waals surface area contributed by atoms with Gasteiger partial charge in [0.15, 0.2) is 5.96 Å². The first-order valence-corrected chi connectivity index (χ1v) is 5.97. The number of hydrogen-bond acceptors (Lipinski definition) is 3. The molecule has 0 saturated carbocycles. The van der Waals surface area contributed by atoms with Crippen molar-refractivity contribution in [1.82, 2.24) is 5.32 Å². The minimum atomic E-state index is 0.396. The van der Waals surface area contributed by atoms with Crippen LogP contribution in [0.15, 0.2) is 52.1 Å². The number of guanidine groups is 1. The molecule has 2 aromatic rings. The number of rotatable bonds is 5. The molecule has 0 amide bonds. The number of aliphatic imine (C=N–C) groups is 1. The van der Waals surface area contributed by atoms with Crippen LogP contribution in [-0.4, -0.2) is 13.1 Å². The second kappa shape index (κ2) is 6.49. The Hall–Kier alpha value is -2.43. The molecule has 0 aliphatic rings. The maximum Gasteiger partial charge on any atom is 0.189 e. The van der Waals surface area contributed by atoms with Crippen LogP contribution >= 0.6 is 0 Å². The summed E-state index contributed by atoms with van der Waals surface area (Å²) in [7, 11) is 1.64. The van der Waals surface area contributed by atoms with E-state index in [1.807, 2.05) is 36.4 Å². The summed E-state index contributed by atoms with van der Waals surface area (Å²) >= 11 is 0. The number of hydrogen-bond donors (Lipinski definition) is 2. The first-order valence-electron chi connectivity index (χ1n) is 5.97. The molecule has 0 fully saturated rings. The van der Waals surface area contributed by atoms with Crippen LogP contribution in [-0.2, 0) is 13.1 Å². The molecule has 1 aromatic carbocycles. The monoisotopic (exact) mass is 259 g/mol. The molecule has 5 heteroatoms. The number of ether oxygens (including phenoxy) is 1. The highest BCUT2D eigenvalue weighted by Crippen LogP contribution is 2.11. The van der Waals surface area contributed by atoms with Crippen molar-refractivity contribution in [3.63, 3.8) is 0 Å². The van der Waals surface area contributed by atoms with E-state index in [1.165, 1.54) is 0 Å². The summed E-state index contributed by atoms with van der Waals surface area (Å²) in [5.74, 6) is 2.05. The maximum absolute atomic E-state index is 5.77. The fourth-order valence-electron chi connectivity index (χ4n) is 1.55. The van der Waals surface area contributed by atoms with Gasteiger partial charge < -0.3 is 20.2 Å². The summed E-state index contributed by atoms with van der Waals surface area (Å²) < 4.78 is 10.3. The zero-order valence-corrected chi connectivity index (χ0v) is 10.8. The van der Waals surface area contributed by atoms with Crippen molar-refractivity contribution >= 4 is 5.96 Å². The van der Waals surface area contributed by atoms with Crippen LogP contribution in [0.4, 0.5) is 0 Å². The Morgan fingerprint density at radius 2 is 2.11 bits per heavy atom. The Balaban J connectivity index is 1.83. The van der Waals surface area contributed by atoms with Crippen molar-refractivity contribution in [3.8, 4) is 5.75 Å². The summed E-state index contributed by atoms with van der Waals surface area (Å²) in [6.07, 6.45) is 1.63. The van der Waals surface area contributed by atoms with E-state index in [0.29, 0.717) is 19.0 Å². The van der Waals surface area contributed by atoms with E-state index in [9.17, 15) is 0 Å². The third-order valence-corrected chi connectivity index (χ3v) is 2.61. The fraction of sp³-hybridized carbons (Fsp3) is 0.214. The minimum Gasteiger partial charge on any atom is -0.497 e. The normalized spacial score (nSPS) is 11.3. The predicted octanol–water partition coefficient (Wildman–Crippen LogP) is 1.89. The molecule has 0 unspecified atom stereocenters. The van der Waals surface area contributed by atoms with Gasteiger partial charge in [0.05, 0.1) is 26.5 Å². The standard InChI is InChI=1S/C14H17N3O2/c1-18-12-6-4-11(5-7-12)9-16-14(15)17-10-13-3-2-8-19-13/h2-8H,9-10H2,1H3,(H3,15,16,17). The molecule has 2 rings (SSSR count). The zero-order chi connectivity index (χ0) is 13.5. The lowest BCUT2D eigenvalue weighted by atomic mass is 10.2. The smallest absolute Gasteiger partial charge is 0.189 e. The molecule has 0 spiro atoms. The lowest BCUT2D eigenvalue weighted by Gasteiger charge is -2.04. The Bertz CT molecular complexity index is 518. The van der Waals surface area contributed by atoms with E-state index < -0.39 is 0 Å². The quantitative estimate of drug-likeness (QED) is 0.635. The summed E-state index contributed by atoms with van der Waals surface area (Å²) in [4.78, 5) is 4.25. The van der Waals surface area contributed by atoms with Gasteiger partial charge in [0.2, 0.25) is 0 Å². The van der Waals surface area contributed by atoms with Gasteiger partial charge in [0, 0.05) is 0 Å². The highest BCUT2D eigenvalue weighted by atomic mass is 16.5. The number of nitrogens with two attached hydrogens (primary N) is 1. The first-order chi connectivity index (χ1) is 9.28. The van der Waals surface area contributed by atoms with Gasteiger partial charge >= 0.3 is 0 Å². The number of nitrogens with zero attached hydrogens (tertiary/aromatic N) is 1. The SMILES string of the molecule is COc1ccc(CN=C(N)NCc2ccco2)cc1. The van der Waals surface area contributed by atoms with Gasteiger partial charge in [0.1, 0.15) is 11.5 Å². The summed E-state index contributed by atoms with van der Waals surface area (Å²) in [5, 5.41) is 2.99. The Morgan fingerprint density at radius 1 is 1.32 bits per heavy atom. The Labute approximate surface area is 112 Å². The zero-order valence-electron chi connectivity index (χ0n) is 10.8. The number of methoxy groups -OCH3 is 1. The molecular weight excluding hydrogens is 242 g/mol. The van der Waals surface area contributed by atoms with E-state index in [-0.39, 0.29) is 0 Å². The maximum atomic E-state index is 5.77. The highest BCUT2D eigenvalue weighted by molar-refractivity contribution is 5.77. The van der Waals surface area contributed by atoms with E-state index in [2.05, 4.69) is 10.3 Å². The van der Waals surface area contributed by atoms with E-state index in [4.69, 9.17) is 14.9 Å². The first kappa shape index (κ1) is 13.0. The molecular formula is C14H17N3O2. The van der Waals surface area contributed by atoms with E-state index in [0.717, 1.165) is 17.1 Å². The minimum absolute atomic E-state index is 0.396. The van der Waals surface area contributed by atoms with Crippen LogP contribution in [0.25, 0.3) is 0 Å². The van der Waals surface area contributed by atoms with E-state index >= 15 is 0 Å². The second-order valence-electron chi connectivity index (χ2n) is 3.98. The summed E-state index contributed by atoms with van der Waals surface area (Å²) in [5.41, 5.74) is 6.84. The molecule has 0 saturated heterocycles. The van der Waals surface area contributed by atoms with Crippen molar-refractivity contribution in [2.45, 2.75) is 13.1 Å². The van der Waals surface area contributed by atoms with Crippen LogP contribution in [0.1, 0.15) is 11.3 Å². The lowest BCUT2D eigenvalue weighted by Crippen LogP contribution is -2.30. The van der Waals surface area contributed by atoms with Crippen molar-refractivity contribution in [2.75, 3.05) is 7.11 Å². The molecule has 3 N–H and O–H groups in total. The van der Waals surface area contributed by atoms with Gasteiger partial charge in [-0.05, 0) is 29.8 Å². The van der Waals surface area contributed by atoms with Gasteiger partial charge in [-0.25, -0.2) is 4.99 Å². The van der Waals surface area contributed by atoms with Gasteiger partial charge in [-0.3, -0.25) is 0 Å². The van der Waals surface area contributed by atoms with Crippen LogP contribution < -0.4 is 15.8 Å². The molecule has 19 heavy (non-hydrogen) atoms. The topological polar surface area (TPSA) is 72.8 Å². The molecule has 0 bridgehead atoms. The van der Waals surface area contributed by atoms with Crippen LogP contribution in [0.5, 0.6) is 5.75 Å². The Morgan fingerprint density at radius 3 is 2.74 bits per heavy atom. The van der Waals surface area contributed by atoms with Gasteiger partial charge in [0.25, 0.3) is 0 Å². The van der Waals surface area contributed by atoms with Crippen LogP contribution in [0.2, 0.25) is 0 Å². The third-order valence-electron chi connectivity index (χ3n) is 2.61. The molecule has 0 aliphatic carbocycles. The van der Waals surface area contributed by atoms with Gasteiger partial charge in [-0.15, -0.1) is 0 Å². The van der Waals surface area contributed by atoms with Crippen molar-refractivity contribution < 1.29 is 9.15 Å². The van der Waals surface area contributed by atoms with Crippen LogP contribution in [0, 0.1) is 0 Å². The number of benzene rings is 1. The van der Waals surface area contributed by atoms with Crippen LogP contribution in [0.3, 0.4) is 0 Å². The molecule has 0 radical (unpaired) electrons. The molecule has 1 heterocycles. The van der Waals surface area contributed by atoms with Crippen molar-refractivity contribution in [2.24, 2.45) is 10.7 Å². The predicted molar refractivity (Wildman–Crippen MR) is 73.9 cm³/mol.